The molecule has 0 spiro atoms. The van der Waals surface area contributed by atoms with E-state index in [1.165, 1.54) is 0 Å². The number of nitrogens with zero attached hydrogens (tertiary/aromatic N) is 8. The number of halogens is 1. The Kier molecular flexibility index (Phi) is 13.2. The summed E-state index contributed by atoms with van der Waals surface area (Å²) in [5, 5.41) is 15.8. The van der Waals surface area contributed by atoms with Crippen molar-refractivity contribution in [2.75, 3.05) is 32.9 Å². The van der Waals surface area contributed by atoms with Gasteiger partial charge in [0.1, 0.15) is 6.10 Å². The van der Waals surface area contributed by atoms with E-state index in [1.807, 2.05) is 43.3 Å². The van der Waals surface area contributed by atoms with Gasteiger partial charge in [0.15, 0.2) is 14.5 Å². The van der Waals surface area contributed by atoms with Crippen LogP contribution in [-0.4, -0.2) is 86.6 Å². The molecule has 14 heteroatoms. The fourth-order valence-corrected chi connectivity index (χ4v) is 8.50. The first kappa shape index (κ1) is 41.4. The SMILES string of the molecule is C=Cc1nn(C2CCCCO2)c2c(C)nc(-c3c(C)nn(C)c3O[C@@H](C)CN(CC)Cc3c(I)c(OCC)nn3[C@@H](C)CO[Si](C)(C)C(C)(C)C)cc12. The molecule has 1 aliphatic heterocycles. The highest BCUT2D eigenvalue weighted by Gasteiger charge is 2.38. The third-order valence-corrected chi connectivity index (χ3v) is 16.3. The predicted octanol–water partition coefficient (Wildman–Crippen LogP) is 8.86. The number of aryl methyl sites for hydroxylation is 3. The Labute approximate surface area is 330 Å². The van der Waals surface area contributed by atoms with Gasteiger partial charge >= 0.3 is 0 Å². The van der Waals surface area contributed by atoms with Crippen LogP contribution in [0.3, 0.4) is 0 Å². The van der Waals surface area contributed by atoms with Crippen LogP contribution < -0.4 is 9.47 Å². The molecule has 1 fully saturated rings. The Hall–Kier alpha value is -2.79. The molecule has 0 saturated carbocycles. The Morgan fingerprint density at radius 3 is 2.49 bits per heavy atom. The zero-order chi connectivity index (χ0) is 38.8. The summed E-state index contributed by atoms with van der Waals surface area (Å²) in [6, 6.07) is 2.15. The number of hydrogen-bond acceptors (Lipinski definition) is 9. The maximum Gasteiger partial charge on any atom is 0.246 e. The molecule has 0 bridgehead atoms. The van der Waals surface area contributed by atoms with E-state index in [1.54, 1.807) is 0 Å². The van der Waals surface area contributed by atoms with Crippen molar-refractivity contribution in [2.45, 2.75) is 125 Å². The summed E-state index contributed by atoms with van der Waals surface area (Å²) in [7, 11) is 0.00453. The Morgan fingerprint density at radius 2 is 1.87 bits per heavy atom. The first-order valence-electron chi connectivity index (χ1n) is 19.1. The van der Waals surface area contributed by atoms with Crippen molar-refractivity contribution in [1.82, 2.24) is 39.2 Å². The Balaban J connectivity index is 1.39. The maximum absolute atomic E-state index is 6.78. The third kappa shape index (κ3) is 8.87. The summed E-state index contributed by atoms with van der Waals surface area (Å²) in [6.07, 6.45) is 4.69. The molecule has 53 heavy (non-hydrogen) atoms. The number of fused-ring (bicyclic) bond motifs is 1. The molecule has 0 aliphatic carbocycles. The van der Waals surface area contributed by atoms with E-state index in [0.717, 1.165) is 80.9 Å². The van der Waals surface area contributed by atoms with Gasteiger partial charge in [-0.25, -0.2) is 9.36 Å². The van der Waals surface area contributed by atoms with Gasteiger partial charge in [0.25, 0.3) is 0 Å². The molecule has 4 aromatic rings. The van der Waals surface area contributed by atoms with Crippen LogP contribution in [0.25, 0.3) is 28.2 Å². The van der Waals surface area contributed by atoms with Crippen LogP contribution in [-0.2, 0) is 22.8 Å². The van der Waals surface area contributed by atoms with Gasteiger partial charge in [0, 0.05) is 32.1 Å². The van der Waals surface area contributed by atoms with Gasteiger partial charge < -0.3 is 18.6 Å². The highest BCUT2D eigenvalue weighted by molar-refractivity contribution is 14.1. The molecular weight excluding hydrogens is 799 g/mol. The van der Waals surface area contributed by atoms with Gasteiger partial charge in [-0.15, -0.1) is 5.10 Å². The monoisotopic (exact) mass is 860 g/mol. The Bertz CT molecular complexity index is 1890. The summed E-state index contributed by atoms with van der Waals surface area (Å²) in [5.41, 5.74) is 6.34. The second-order valence-corrected chi connectivity index (χ2v) is 21.7. The molecular formula is C39H61IN8O4Si. The zero-order valence-corrected chi connectivity index (χ0v) is 37.2. The molecule has 5 rings (SSSR count). The maximum atomic E-state index is 6.78. The van der Waals surface area contributed by atoms with Crippen LogP contribution >= 0.6 is 22.6 Å². The molecule has 5 heterocycles. The molecule has 0 radical (unpaired) electrons. The molecule has 3 atom stereocenters. The topological polar surface area (TPSA) is 107 Å². The van der Waals surface area contributed by atoms with Crippen molar-refractivity contribution in [3.05, 3.63) is 39.0 Å². The smallest absolute Gasteiger partial charge is 0.246 e. The average Bonchev–Trinajstić information content (AvgIpc) is 3.73. The van der Waals surface area contributed by atoms with Crippen molar-refractivity contribution in [2.24, 2.45) is 7.05 Å². The van der Waals surface area contributed by atoms with E-state index in [0.29, 0.717) is 38.1 Å². The second kappa shape index (κ2) is 16.9. The second-order valence-electron chi connectivity index (χ2n) is 15.9. The summed E-state index contributed by atoms with van der Waals surface area (Å²) in [6.45, 7) is 32.1. The van der Waals surface area contributed by atoms with Gasteiger partial charge in [0.05, 0.1) is 62.4 Å². The lowest BCUT2D eigenvalue weighted by atomic mass is 10.1. The summed E-state index contributed by atoms with van der Waals surface area (Å²) in [5.74, 6) is 1.36. The fourth-order valence-electron chi connectivity index (χ4n) is 6.73. The normalized spacial score (nSPS) is 16.8. The van der Waals surface area contributed by atoms with Gasteiger partial charge in [-0.2, -0.15) is 10.2 Å². The lowest BCUT2D eigenvalue weighted by molar-refractivity contribution is -0.0368. The predicted molar refractivity (Wildman–Crippen MR) is 223 cm³/mol. The summed E-state index contributed by atoms with van der Waals surface area (Å²) < 4.78 is 32.5. The minimum atomic E-state index is -1.92. The first-order valence-corrected chi connectivity index (χ1v) is 23.1. The zero-order valence-electron chi connectivity index (χ0n) is 34.0. The molecule has 0 N–H and O–H groups in total. The van der Waals surface area contributed by atoms with Crippen molar-refractivity contribution in [3.8, 4) is 23.0 Å². The molecule has 1 saturated heterocycles. The summed E-state index contributed by atoms with van der Waals surface area (Å²) >= 11 is 2.39. The van der Waals surface area contributed by atoms with E-state index in [9.17, 15) is 0 Å². The summed E-state index contributed by atoms with van der Waals surface area (Å²) in [4.78, 5) is 7.52. The number of rotatable bonds is 16. The largest absolute Gasteiger partial charge is 0.476 e. The number of ether oxygens (including phenoxy) is 3. The van der Waals surface area contributed by atoms with E-state index in [4.69, 9.17) is 38.9 Å². The van der Waals surface area contributed by atoms with Crippen LogP contribution in [0.2, 0.25) is 18.1 Å². The van der Waals surface area contributed by atoms with E-state index >= 15 is 0 Å². The standard InChI is InChI=1S/C39H61IN8O4Si/c1-14-30-29-21-31(41-28(7)36(29)48(43-30)33-19-17-18-20-50-33)34-27(6)42-45(11)38(34)52-26(5)22-46(15-2)23-32-35(40)37(49-16-3)44-47(32)25(4)24-51-53(12,13)39(8,9)10/h14,21,25-26,33H,1,15-20,22-24H2,2-13H3/t25-,26-,33?/m0/s1. The van der Waals surface area contributed by atoms with Crippen LogP contribution in [0.4, 0.5) is 0 Å². The third-order valence-electron chi connectivity index (χ3n) is 10.7. The molecule has 12 nitrogen and oxygen atoms in total. The van der Waals surface area contributed by atoms with Crippen LogP contribution in [0.15, 0.2) is 12.6 Å². The van der Waals surface area contributed by atoms with Gasteiger partial charge in [-0.1, -0.05) is 34.3 Å². The Morgan fingerprint density at radius 1 is 1.13 bits per heavy atom. The van der Waals surface area contributed by atoms with Crippen molar-refractivity contribution in [1.29, 1.82) is 0 Å². The van der Waals surface area contributed by atoms with E-state index in [2.05, 4.69) is 99.5 Å². The minimum Gasteiger partial charge on any atom is -0.476 e. The van der Waals surface area contributed by atoms with Crippen molar-refractivity contribution >= 4 is 47.9 Å². The molecule has 1 aliphatic rings. The van der Waals surface area contributed by atoms with Gasteiger partial charge in [-0.3, -0.25) is 14.6 Å². The van der Waals surface area contributed by atoms with Gasteiger partial charge in [0.2, 0.25) is 11.8 Å². The van der Waals surface area contributed by atoms with Crippen LogP contribution in [0.1, 0.15) is 103 Å². The molecule has 0 aromatic carbocycles. The number of aromatic nitrogens is 7. The quantitative estimate of drug-likeness (QED) is 0.0807. The minimum absolute atomic E-state index is 0.0476. The highest BCUT2D eigenvalue weighted by atomic mass is 127. The van der Waals surface area contributed by atoms with Crippen LogP contribution in [0, 0.1) is 17.4 Å². The lowest BCUT2D eigenvalue weighted by Crippen LogP contribution is -2.42. The highest BCUT2D eigenvalue weighted by Crippen LogP contribution is 2.39. The number of likely N-dealkylation sites (N-methyl/N-ethyl adjacent to an activating group) is 1. The lowest BCUT2D eigenvalue weighted by Gasteiger charge is -2.37. The fraction of sp³-hybridized carbons (Fsp3) is 0.641. The van der Waals surface area contributed by atoms with Gasteiger partial charge in [-0.05, 0) is 113 Å². The van der Waals surface area contributed by atoms with Crippen LogP contribution in [0.5, 0.6) is 11.8 Å². The van der Waals surface area contributed by atoms with E-state index in [-0.39, 0.29) is 23.4 Å². The average molecular weight is 861 g/mol. The van der Waals surface area contributed by atoms with Crippen molar-refractivity contribution in [3.63, 3.8) is 0 Å². The number of pyridine rings is 1. The van der Waals surface area contributed by atoms with E-state index < -0.39 is 8.32 Å². The first-order chi connectivity index (χ1) is 25.0. The molecule has 1 unspecified atom stereocenters. The van der Waals surface area contributed by atoms with Crippen molar-refractivity contribution < 1.29 is 18.6 Å². The molecule has 4 aromatic heterocycles. The molecule has 292 valence electrons. The molecule has 0 amide bonds. The number of hydrogen-bond donors (Lipinski definition) is 0.